The summed E-state index contributed by atoms with van der Waals surface area (Å²) in [5.41, 5.74) is 14.0. The van der Waals surface area contributed by atoms with Crippen molar-refractivity contribution in [2.45, 2.75) is 25.0 Å². The van der Waals surface area contributed by atoms with Crippen molar-refractivity contribution in [3.63, 3.8) is 0 Å². The molecule has 2 atom stereocenters. The molecular weight excluding hydrogens is 400 g/mol. The van der Waals surface area contributed by atoms with Gasteiger partial charge in [0.15, 0.2) is 0 Å². The van der Waals surface area contributed by atoms with Crippen LogP contribution < -0.4 is 26.8 Å². The lowest BCUT2D eigenvalue weighted by atomic mass is 9.96. The van der Waals surface area contributed by atoms with Crippen LogP contribution >= 0.6 is 0 Å². The summed E-state index contributed by atoms with van der Waals surface area (Å²) in [5, 5.41) is 14.9. The van der Waals surface area contributed by atoms with E-state index < -0.39 is 24.0 Å². The maximum absolute atomic E-state index is 12.2. The number of hydrogen-bond acceptors (Lipinski definition) is 6. The highest BCUT2D eigenvalue weighted by atomic mass is 16.5. The van der Waals surface area contributed by atoms with Crippen LogP contribution in [-0.4, -0.2) is 54.7 Å². The molecule has 1 aliphatic heterocycles. The van der Waals surface area contributed by atoms with Gasteiger partial charge in [-0.05, 0) is 28.8 Å². The monoisotopic (exact) mass is 426 g/mol. The van der Waals surface area contributed by atoms with Crippen LogP contribution in [0.5, 0.6) is 5.75 Å². The topological polar surface area (TPSA) is 157 Å². The van der Waals surface area contributed by atoms with Gasteiger partial charge in [0.25, 0.3) is 0 Å². The number of carbonyl (C=O) groups excluding carboxylic acids is 3. The first-order valence-corrected chi connectivity index (χ1v) is 9.94. The second-order valence-electron chi connectivity index (χ2n) is 7.41. The lowest BCUT2D eigenvalue weighted by Gasteiger charge is -2.19. The first-order chi connectivity index (χ1) is 14.9. The van der Waals surface area contributed by atoms with Crippen LogP contribution in [0.1, 0.15) is 11.1 Å². The van der Waals surface area contributed by atoms with Gasteiger partial charge in [-0.25, -0.2) is 0 Å². The molecule has 0 radical (unpaired) electrons. The van der Waals surface area contributed by atoms with Crippen molar-refractivity contribution in [2.75, 3.05) is 19.7 Å². The zero-order valence-corrected chi connectivity index (χ0v) is 17.0. The second kappa shape index (κ2) is 10.1. The van der Waals surface area contributed by atoms with Gasteiger partial charge < -0.3 is 31.9 Å². The molecule has 9 heteroatoms. The summed E-state index contributed by atoms with van der Waals surface area (Å²) in [5.74, 6) is -0.985. The third kappa shape index (κ3) is 6.03. The molecule has 164 valence electrons. The van der Waals surface area contributed by atoms with Crippen LogP contribution in [0.2, 0.25) is 0 Å². The van der Waals surface area contributed by atoms with E-state index in [-0.39, 0.29) is 38.4 Å². The summed E-state index contributed by atoms with van der Waals surface area (Å²) in [4.78, 5) is 36.3. The van der Waals surface area contributed by atoms with E-state index >= 15 is 0 Å². The Morgan fingerprint density at radius 1 is 1.16 bits per heavy atom. The fourth-order valence-corrected chi connectivity index (χ4v) is 3.29. The van der Waals surface area contributed by atoms with Gasteiger partial charge in [-0.1, -0.05) is 30.3 Å². The number of hydrogen-bond donors (Lipinski definition) is 5. The van der Waals surface area contributed by atoms with Crippen molar-refractivity contribution >= 4 is 17.7 Å². The number of aliphatic hydroxyl groups excluding tert-OH is 1. The van der Waals surface area contributed by atoms with Gasteiger partial charge in [0.05, 0.1) is 13.0 Å². The van der Waals surface area contributed by atoms with E-state index in [9.17, 15) is 19.5 Å². The Kier molecular flexibility index (Phi) is 7.22. The lowest BCUT2D eigenvalue weighted by molar-refractivity contribution is -0.128. The molecule has 3 amide bonds. The number of benzene rings is 2. The minimum absolute atomic E-state index is 0.0188. The first-order valence-electron chi connectivity index (χ1n) is 9.94. The summed E-state index contributed by atoms with van der Waals surface area (Å²) >= 11 is 0. The molecule has 2 aromatic carbocycles. The van der Waals surface area contributed by atoms with Gasteiger partial charge in [0.1, 0.15) is 24.5 Å². The normalized spacial score (nSPS) is 17.7. The van der Waals surface area contributed by atoms with Crippen molar-refractivity contribution in [1.82, 2.24) is 10.6 Å². The fourth-order valence-electron chi connectivity index (χ4n) is 3.29. The third-order valence-electron chi connectivity index (χ3n) is 4.91. The predicted molar refractivity (Wildman–Crippen MR) is 114 cm³/mol. The number of nitrogens with one attached hydrogen (secondary N) is 2. The summed E-state index contributed by atoms with van der Waals surface area (Å²) in [6.45, 7) is -0.160. The number of rotatable bonds is 5. The maximum atomic E-state index is 12.2. The number of amides is 3. The van der Waals surface area contributed by atoms with E-state index in [2.05, 4.69) is 10.6 Å². The van der Waals surface area contributed by atoms with E-state index in [1.54, 1.807) is 12.1 Å². The van der Waals surface area contributed by atoms with E-state index in [1.807, 2.05) is 30.3 Å². The fraction of sp³-hybridized carbons (Fsp3) is 0.318. The van der Waals surface area contributed by atoms with E-state index in [0.717, 1.165) is 22.3 Å². The van der Waals surface area contributed by atoms with Gasteiger partial charge in [-0.15, -0.1) is 0 Å². The number of ether oxygens (including phenoxy) is 1. The highest BCUT2D eigenvalue weighted by molar-refractivity contribution is 5.90. The molecule has 31 heavy (non-hydrogen) atoms. The number of carbonyl (C=O) groups is 3. The smallest absolute Gasteiger partial charge is 0.240 e. The van der Waals surface area contributed by atoms with Crippen molar-refractivity contribution in [3.05, 3.63) is 53.6 Å². The van der Waals surface area contributed by atoms with Crippen molar-refractivity contribution in [3.8, 4) is 16.9 Å². The highest BCUT2D eigenvalue weighted by Crippen LogP contribution is 2.32. The van der Waals surface area contributed by atoms with Gasteiger partial charge in [-0.2, -0.15) is 0 Å². The van der Waals surface area contributed by atoms with Crippen LogP contribution in [0.3, 0.4) is 0 Å². The second-order valence-corrected chi connectivity index (χ2v) is 7.41. The van der Waals surface area contributed by atoms with Crippen molar-refractivity contribution < 1.29 is 24.2 Å². The van der Waals surface area contributed by atoms with Crippen LogP contribution in [-0.2, 0) is 27.2 Å². The first kappa shape index (κ1) is 22.3. The molecule has 0 aliphatic carbocycles. The quantitative estimate of drug-likeness (QED) is 0.423. The molecule has 4 bridgehead atoms. The highest BCUT2D eigenvalue weighted by Gasteiger charge is 2.21. The van der Waals surface area contributed by atoms with Crippen molar-refractivity contribution in [1.29, 1.82) is 0 Å². The summed E-state index contributed by atoms with van der Waals surface area (Å²) in [6.07, 6.45) is -0.551. The number of fused-ring (bicyclic) bond motifs is 5. The van der Waals surface area contributed by atoms with E-state index in [1.165, 1.54) is 0 Å². The van der Waals surface area contributed by atoms with Crippen LogP contribution in [0, 0.1) is 0 Å². The zero-order valence-electron chi connectivity index (χ0n) is 17.0. The average molecular weight is 426 g/mol. The lowest BCUT2D eigenvalue weighted by Crippen LogP contribution is -2.49. The van der Waals surface area contributed by atoms with Gasteiger partial charge in [0.2, 0.25) is 17.7 Å². The minimum Gasteiger partial charge on any atom is -0.490 e. The Morgan fingerprint density at radius 2 is 1.97 bits per heavy atom. The number of primary amides is 1. The zero-order chi connectivity index (χ0) is 22.4. The summed E-state index contributed by atoms with van der Waals surface area (Å²) < 4.78 is 5.78. The van der Waals surface area contributed by atoms with Gasteiger partial charge >= 0.3 is 0 Å². The molecule has 0 saturated heterocycles. The number of aliphatic hydroxyl groups is 1. The average Bonchev–Trinajstić information content (AvgIpc) is 2.75. The number of nitrogens with two attached hydrogens (primary N) is 2. The molecule has 7 N–H and O–H groups in total. The maximum Gasteiger partial charge on any atom is 0.240 e. The molecule has 2 unspecified atom stereocenters. The standard InChI is InChI=1S/C22H26N4O5/c23-10-16(27)12-31-19-5-4-14-7-17(19)15-3-1-2-13(6-15)9-20(28)25-11-21(29)26-18(8-14)22(24)30/h1-7,16,18,27H,8-12,23H2,(H2,24,30)(H,25,28)(H,26,29). The Bertz CT molecular complexity index is 978. The SMILES string of the molecule is NCC(O)COc1ccc2cc1-c1cccc(c1)CC(=O)NCC(=O)NC(C(N)=O)C2. The van der Waals surface area contributed by atoms with E-state index in [4.69, 9.17) is 16.2 Å². The Labute approximate surface area is 179 Å². The Balaban J connectivity index is 2.04. The van der Waals surface area contributed by atoms with Crippen LogP contribution in [0.25, 0.3) is 11.1 Å². The molecule has 3 rings (SSSR count). The molecule has 0 saturated carbocycles. The molecule has 1 heterocycles. The molecule has 0 fully saturated rings. The Morgan fingerprint density at radius 3 is 2.71 bits per heavy atom. The largest absolute Gasteiger partial charge is 0.490 e. The molecule has 9 nitrogen and oxygen atoms in total. The van der Waals surface area contributed by atoms with Gasteiger partial charge in [0, 0.05) is 18.5 Å². The van der Waals surface area contributed by atoms with Crippen LogP contribution in [0.4, 0.5) is 0 Å². The third-order valence-corrected chi connectivity index (χ3v) is 4.91. The Hall–Kier alpha value is -3.43. The van der Waals surface area contributed by atoms with Crippen molar-refractivity contribution in [2.24, 2.45) is 11.5 Å². The van der Waals surface area contributed by atoms with E-state index in [0.29, 0.717) is 5.75 Å². The molecule has 0 spiro atoms. The summed E-state index contributed by atoms with van der Waals surface area (Å²) in [6, 6.07) is 11.8. The molecule has 1 aliphatic rings. The molecule has 2 aromatic rings. The molecule has 0 aromatic heterocycles. The minimum atomic E-state index is -0.933. The van der Waals surface area contributed by atoms with Crippen LogP contribution in [0.15, 0.2) is 42.5 Å². The molecular formula is C22H26N4O5. The predicted octanol–water partition coefficient (Wildman–Crippen LogP) is -0.763. The van der Waals surface area contributed by atoms with Gasteiger partial charge in [-0.3, -0.25) is 14.4 Å². The summed E-state index contributed by atoms with van der Waals surface area (Å²) in [7, 11) is 0.